The second-order valence-corrected chi connectivity index (χ2v) is 6.81. The molecule has 92 valence electrons. The topological polar surface area (TPSA) is 0 Å². The van der Waals surface area contributed by atoms with Crippen molar-refractivity contribution < 1.29 is 0 Å². The number of fused-ring (bicyclic) bond motifs is 2. The molecule has 18 heavy (non-hydrogen) atoms. The normalized spacial score (nSPS) is 16.0. The minimum Gasteiger partial charge on any atom is -0.0895 e. The summed E-state index contributed by atoms with van der Waals surface area (Å²) in [4.78, 5) is 2.81. The van der Waals surface area contributed by atoms with Crippen LogP contribution in [0.2, 0.25) is 0 Å². The molecule has 0 amide bonds. The quantitative estimate of drug-likeness (QED) is 0.630. The summed E-state index contributed by atoms with van der Waals surface area (Å²) in [6.45, 7) is 9.02. The van der Waals surface area contributed by atoms with E-state index in [1.807, 2.05) is 11.8 Å². The van der Waals surface area contributed by atoms with E-state index in [1.54, 1.807) is 0 Å². The molecule has 0 bridgehead atoms. The van der Waals surface area contributed by atoms with Crippen LogP contribution < -0.4 is 0 Å². The van der Waals surface area contributed by atoms with Gasteiger partial charge in [-0.3, -0.25) is 0 Å². The predicted octanol–water partition coefficient (Wildman–Crippen LogP) is 5.09. The Kier molecular flexibility index (Phi) is 2.56. The lowest BCUT2D eigenvalue weighted by Gasteiger charge is -2.35. The lowest BCUT2D eigenvalue weighted by molar-refractivity contribution is 0.606. The van der Waals surface area contributed by atoms with Crippen molar-refractivity contribution in [1.82, 2.24) is 0 Å². The highest BCUT2D eigenvalue weighted by Crippen LogP contribution is 2.49. The standard InChI is InChI=1S/C17H18S/c1-11-5-7-15-13(9-11)17(3,4)14-10-12(2)6-8-16(14)18-15/h5-10H,1-4H3. The molecule has 0 radical (unpaired) electrons. The van der Waals surface area contributed by atoms with Crippen LogP contribution in [0.3, 0.4) is 0 Å². The van der Waals surface area contributed by atoms with Crippen molar-refractivity contribution >= 4 is 11.8 Å². The summed E-state index contributed by atoms with van der Waals surface area (Å²) < 4.78 is 0. The Morgan fingerprint density at radius 2 is 1.22 bits per heavy atom. The van der Waals surface area contributed by atoms with Gasteiger partial charge in [0.15, 0.2) is 0 Å². The van der Waals surface area contributed by atoms with Gasteiger partial charge in [-0.25, -0.2) is 0 Å². The van der Waals surface area contributed by atoms with E-state index in [1.165, 1.54) is 32.0 Å². The molecule has 0 aromatic heterocycles. The largest absolute Gasteiger partial charge is 0.0895 e. The molecule has 0 atom stereocenters. The van der Waals surface area contributed by atoms with Crippen molar-refractivity contribution in [3.63, 3.8) is 0 Å². The molecule has 0 N–H and O–H groups in total. The highest BCUT2D eigenvalue weighted by molar-refractivity contribution is 7.99. The Hall–Kier alpha value is -1.21. The lowest BCUT2D eigenvalue weighted by Crippen LogP contribution is -2.24. The molecule has 3 rings (SSSR count). The number of hydrogen-bond acceptors (Lipinski definition) is 1. The second-order valence-electron chi connectivity index (χ2n) is 5.73. The fourth-order valence-corrected chi connectivity index (χ4v) is 4.06. The summed E-state index contributed by atoms with van der Waals surface area (Å²) in [5.41, 5.74) is 5.72. The Morgan fingerprint density at radius 3 is 1.67 bits per heavy atom. The molecule has 1 aliphatic heterocycles. The maximum Gasteiger partial charge on any atom is 0.0169 e. The summed E-state index contributed by atoms with van der Waals surface area (Å²) in [5.74, 6) is 0. The zero-order chi connectivity index (χ0) is 12.9. The maximum atomic E-state index is 2.34. The highest BCUT2D eigenvalue weighted by atomic mass is 32.2. The molecule has 2 aromatic carbocycles. The number of benzene rings is 2. The van der Waals surface area contributed by atoms with Crippen LogP contribution in [-0.4, -0.2) is 0 Å². The summed E-state index contributed by atoms with van der Waals surface area (Å²) in [7, 11) is 0. The van der Waals surface area contributed by atoms with Gasteiger partial charge >= 0.3 is 0 Å². The molecule has 1 aliphatic rings. The van der Waals surface area contributed by atoms with E-state index in [4.69, 9.17) is 0 Å². The summed E-state index contributed by atoms with van der Waals surface area (Å²) in [6.07, 6.45) is 0. The third kappa shape index (κ3) is 1.69. The molecule has 0 spiro atoms. The van der Waals surface area contributed by atoms with Crippen LogP contribution in [0.4, 0.5) is 0 Å². The van der Waals surface area contributed by atoms with Gasteiger partial charge in [-0.1, -0.05) is 61.0 Å². The van der Waals surface area contributed by atoms with Gasteiger partial charge in [-0.2, -0.15) is 0 Å². The van der Waals surface area contributed by atoms with Gasteiger partial charge in [0, 0.05) is 15.2 Å². The molecule has 1 heterocycles. The fraction of sp³-hybridized carbons (Fsp3) is 0.294. The van der Waals surface area contributed by atoms with E-state index < -0.39 is 0 Å². The van der Waals surface area contributed by atoms with Crippen LogP contribution in [0.15, 0.2) is 46.2 Å². The third-order valence-corrected chi connectivity index (χ3v) is 4.99. The highest BCUT2D eigenvalue weighted by Gasteiger charge is 2.32. The third-order valence-electron chi connectivity index (χ3n) is 3.84. The van der Waals surface area contributed by atoms with Crippen LogP contribution in [0.5, 0.6) is 0 Å². The Bertz CT molecular complexity index is 570. The lowest BCUT2D eigenvalue weighted by atomic mass is 9.77. The average Bonchev–Trinajstić information content (AvgIpc) is 2.32. The molecule has 0 unspecified atom stereocenters. The minimum atomic E-state index is 0.105. The molecule has 0 aliphatic carbocycles. The molecule has 0 fully saturated rings. The predicted molar refractivity (Wildman–Crippen MR) is 78.6 cm³/mol. The average molecular weight is 254 g/mol. The molecule has 0 saturated carbocycles. The van der Waals surface area contributed by atoms with E-state index in [0.717, 1.165) is 0 Å². The molecule has 0 nitrogen and oxygen atoms in total. The van der Waals surface area contributed by atoms with E-state index in [0.29, 0.717) is 0 Å². The zero-order valence-corrected chi connectivity index (χ0v) is 12.2. The SMILES string of the molecule is Cc1ccc2c(c1)C(C)(C)c1cc(C)ccc1S2. The Labute approximate surface area is 113 Å². The van der Waals surface area contributed by atoms with E-state index in [-0.39, 0.29) is 5.41 Å². The number of hydrogen-bond donors (Lipinski definition) is 0. The maximum absolute atomic E-state index is 2.34. The van der Waals surface area contributed by atoms with Gasteiger partial charge in [0.2, 0.25) is 0 Å². The molecular formula is C17H18S. The van der Waals surface area contributed by atoms with Crippen molar-refractivity contribution in [2.45, 2.75) is 42.9 Å². The van der Waals surface area contributed by atoms with Gasteiger partial charge in [0.05, 0.1) is 0 Å². The monoisotopic (exact) mass is 254 g/mol. The summed E-state index contributed by atoms with van der Waals surface area (Å²) in [5, 5.41) is 0. The second kappa shape index (κ2) is 3.89. The summed E-state index contributed by atoms with van der Waals surface area (Å²) in [6, 6.07) is 13.6. The van der Waals surface area contributed by atoms with Crippen molar-refractivity contribution in [2.24, 2.45) is 0 Å². The van der Waals surface area contributed by atoms with Crippen LogP contribution >= 0.6 is 11.8 Å². The molecule has 1 heteroatoms. The van der Waals surface area contributed by atoms with Crippen molar-refractivity contribution in [3.8, 4) is 0 Å². The molecule has 0 saturated heterocycles. The van der Waals surface area contributed by atoms with Gasteiger partial charge < -0.3 is 0 Å². The minimum absolute atomic E-state index is 0.105. The first-order valence-corrected chi connectivity index (χ1v) is 7.20. The van der Waals surface area contributed by atoms with E-state index in [2.05, 4.69) is 64.1 Å². The molecular weight excluding hydrogens is 236 g/mol. The van der Waals surface area contributed by atoms with Crippen LogP contribution in [0.1, 0.15) is 36.1 Å². The van der Waals surface area contributed by atoms with E-state index in [9.17, 15) is 0 Å². The van der Waals surface area contributed by atoms with Gasteiger partial charge in [0.25, 0.3) is 0 Å². The Balaban J connectivity index is 2.27. The first kappa shape index (κ1) is 11.9. The van der Waals surface area contributed by atoms with Gasteiger partial charge in [-0.15, -0.1) is 0 Å². The van der Waals surface area contributed by atoms with E-state index >= 15 is 0 Å². The summed E-state index contributed by atoms with van der Waals surface area (Å²) >= 11 is 1.90. The number of rotatable bonds is 0. The van der Waals surface area contributed by atoms with Crippen molar-refractivity contribution in [3.05, 3.63) is 58.7 Å². The van der Waals surface area contributed by atoms with Crippen LogP contribution in [-0.2, 0) is 5.41 Å². The van der Waals surface area contributed by atoms with Crippen molar-refractivity contribution in [2.75, 3.05) is 0 Å². The first-order chi connectivity index (χ1) is 8.48. The van der Waals surface area contributed by atoms with Crippen molar-refractivity contribution in [1.29, 1.82) is 0 Å². The molecule has 2 aromatic rings. The number of aryl methyl sites for hydroxylation is 2. The first-order valence-electron chi connectivity index (χ1n) is 6.38. The van der Waals surface area contributed by atoms with Gasteiger partial charge in [-0.05, 0) is 37.1 Å². The van der Waals surface area contributed by atoms with Crippen LogP contribution in [0, 0.1) is 13.8 Å². The van der Waals surface area contributed by atoms with Crippen LogP contribution in [0.25, 0.3) is 0 Å². The Morgan fingerprint density at radius 1 is 0.778 bits per heavy atom. The van der Waals surface area contributed by atoms with Gasteiger partial charge in [0.1, 0.15) is 0 Å². The zero-order valence-electron chi connectivity index (χ0n) is 11.4. The smallest absolute Gasteiger partial charge is 0.0169 e. The fourth-order valence-electron chi connectivity index (χ4n) is 2.71.